The topological polar surface area (TPSA) is 102 Å². The smallest absolute Gasteiger partial charge is 0.336 e. The Hall–Kier alpha value is -1.90. The van der Waals surface area contributed by atoms with E-state index < -0.39 is 18.2 Å². The van der Waals surface area contributed by atoms with Gasteiger partial charge in [0.25, 0.3) is 0 Å². The highest BCUT2D eigenvalue weighted by Gasteiger charge is 2.20. The van der Waals surface area contributed by atoms with E-state index in [0.29, 0.717) is 16.7 Å². The molecule has 2 atom stereocenters. The van der Waals surface area contributed by atoms with Crippen LogP contribution in [0.15, 0.2) is 12.1 Å². The number of aryl methyl sites for hydroxylation is 2. The normalized spacial score (nSPS) is 13.8. The molecule has 0 saturated heterocycles. The second-order valence-electron chi connectivity index (χ2n) is 3.85. The van der Waals surface area contributed by atoms with Gasteiger partial charge in [0.05, 0.1) is 11.6 Å². The first-order valence-electron chi connectivity index (χ1n) is 4.98. The molecule has 3 N–H and O–H groups in total. The fourth-order valence-electron chi connectivity index (χ4n) is 1.76. The Morgan fingerprint density at radius 1 is 1.29 bits per heavy atom. The van der Waals surface area contributed by atoms with E-state index in [0.717, 1.165) is 0 Å². The molecule has 0 spiro atoms. The lowest BCUT2D eigenvalue weighted by molar-refractivity contribution is 0.0526. The van der Waals surface area contributed by atoms with Crippen molar-refractivity contribution in [3.05, 3.63) is 34.4 Å². The van der Waals surface area contributed by atoms with Crippen LogP contribution < -0.4 is 0 Å². The minimum Gasteiger partial charge on any atom is -0.478 e. The molecule has 17 heavy (non-hydrogen) atoms. The van der Waals surface area contributed by atoms with Gasteiger partial charge < -0.3 is 15.3 Å². The molecule has 0 heterocycles. The number of carboxylic acids is 1. The van der Waals surface area contributed by atoms with Gasteiger partial charge >= 0.3 is 5.97 Å². The van der Waals surface area contributed by atoms with E-state index in [-0.39, 0.29) is 5.56 Å². The minimum atomic E-state index is -1.52. The highest BCUT2D eigenvalue weighted by Crippen LogP contribution is 2.23. The van der Waals surface area contributed by atoms with Crippen LogP contribution in [-0.4, -0.2) is 27.4 Å². The molecular formula is C12H13NO4. The molecular weight excluding hydrogens is 222 g/mol. The van der Waals surface area contributed by atoms with Crippen LogP contribution in [0.4, 0.5) is 0 Å². The summed E-state index contributed by atoms with van der Waals surface area (Å²) in [5.74, 6) is -1.04. The van der Waals surface area contributed by atoms with Crippen LogP contribution in [0.5, 0.6) is 0 Å². The van der Waals surface area contributed by atoms with Crippen molar-refractivity contribution in [2.24, 2.45) is 0 Å². The summed E-state index contributed by atoms with van der Waals surface area (Å²) < 4.78 is 0. The molecule has 1 aromatic carbocycles. The maximum absolute atomic E-state index is 10.9. The number of benzene rings is 1. The van der Waals surface area contributed by atoms with E-state index in [1.54, 1.807) is 13.8 Å². The van der Waals surface area contributed by atoms with Crippen LogP contribution in [0.1, 0.15) is 33.2 Å². The average Bonchev–Trinajstić information content (AvgIpc) is 2.25. The van der Waals surface area contributed by atoms with Crippen LogP contribution in [0.3, 0.4) is 0 Å². The summed E-state index contributed by atoms with van der Waals surface area (Å²) in [6.07, 6.45) is -2.86. The van der Waals surface area contributed by atoms with E-state index in [9.17, 15) is 15.0 Å². The zero-order valence-corrected chi connectivity index (χ0v) is 9.51. The Kier molecular flexibility index (Phi) is 3.84. The number of aliphatic hydroxyl groups excluding tert-OH is 2. The molecule has 0 amide bonds. The molecule has 0 fully saturated rings. The second-order valence-corrected chi connectivity index (χ2v) is 3.85. The molecule has 0 aliphatic carbocycles. The molecule has 0 aliphatic rings. The Morgan fingerprint density at radius 3 is 2.12 bits per heavy atom. The van der Waals surface area contributed by atoms with Crippen LogP contribution in [0, 0.1) is 25.2 Å². The lowest BCUT2D eigenvalue weighted by atomic mass is 9.95. The number of nitrogens with zero attached hydrogens (tertiary/aromatic N) is 1. The molecule has 5 heteroatoms. The van der Waals surface area contributed by atoms with Gasteiger partial charge in [0.2, 0.25) is 0 Å². The molecule has 5 nitrogen and oxygen atoms in total. The van der Waals surface area contributed by atoms with Crippen LogP contribution in [-0.2, 0) is 0 Å². The van der Waals surface area contributed by atoms with E-state index in [2.05, 4.69) is 0 Å². The van der Waals surface area contributed by atoms with Crippen molar-refractivity contribution in [3.8, 4) is 6.07 Å². The lowest BCUT2D eigenvalue weighted by Gasteiger charge is -2.15. The summed E-state index contributed by atoms with van der Waals surface area (Å²) in [6.45, 7) is 3.21. The molecule has 0 aliphatic heterocycles. The van der Waals surface area contributed by atoms with Crippen molar-refractivity contribution in [3.63, 3.8) is 0 Å². The van der Waals surface area contributed by atoms with Gasteiger partial charge in [0.15, 0.2) is 6.10 Å². The molecule has 1 aromatic rings. The highest BCUT2D eigenvalue weighted by molar-refractivity contribution is 5.91. The van der Waals surface area contributed by atoms with Gasteiger partial charge in [-0.3, -0.25) is 0 Å². The van der Waals surface area contributed by atoms with Crippen LogP contribution >= 0.6 is 0 Å². The molecule has 0 bridgehead atoms. The first-order chi connectivity index (χ1) is 7.88. The lowest BCUT2D eigenvalue weighted by Crippen LogP contribution is -2.17. The summed E-state index contributed by atoms with van der Waals surface area (Å²) >= 11 is 0. The zero-order chi connectivity index (χ0) is 13.2. The van der Waals surface area contributed by atoms with E-state index in [1.807, 2.05) is 0 Å². The average molecular weight is 235 g/mol. The predicted molar refractivity (Wildman–Crippen MR) is 59.5 cm³/mol. The molecule has 90 valence electrons. The van der Waals surface area contributed by atoms with Gasteiger partial charge in [-0.1, -0.05) is 12.1 Å². The summed E-state index contributed by atoms with van der Waals surface area (Å²) in [7, 11) is 0. The first kappa shape index (κ1) is 13.2. The molecule has 0 aromatic heterocycles. The monoisotopic (exact) mass is 235 g/mol. The third-order valence-corrected chi connectivity index (χ3v) is 2.54. The number of nitriles is 1. The number of carboxylic acid groups (broad SMARTS) is 1. The molecule has 1 rings (SSSR count). The second kappa shape index (κ2) is 4.95. The molecule has 0 saturated carbocycles. The molecule has 2 unspecified atom stereocenters. The van der Waals surface area contributed by atoms with Gasteiger partial charge in [0, 0.05) is 0 Å². The van der Waals surface area contributed by atoms with E-state index in [4.69, 9.17) is 10.4 Å². The van der Waals surface area contributed by atoms with Crippen LogP contribution in [0.25, 0.3) is 0 Å². The summed E-state index contributed by atoms with van der Waals surface area (Å²) in [5, 5.41) is 36.3. The van der Waals surface area contributed by atoms with Crippen molar-refractivity contribution in [2.75, 3.05) is 0 Å². The van der Waals surface area contributed by atoms with Crippen molar-refractivity contribution in [1.82, 2.24) is 0 Å². The summed E-state index contributed by atoms with van der Waals surface area (Å²) in [6, 6.07) is 4.45. The standard InChI is InChI=1S/C12H13NO4/c1-6-3-8(11(15)9(14)5-13)4-7(2)10(6)12(16)17/h3-4,9,11,14-15H,1-2H3,(H,16,17). The van der Waals surface area contributed by atoms with Gasteiger partial charge in [-0.15, -0.1) is 0 Å². The minimum absolute atomic E-state index is 0.174. The number of hydrogen-bond acceptors (Lipinski definition) is 4. The first-order valence-corrected chi connectivity index (χ1v) is 4.98. The maximum Gasteiger partial charge on any atom is 0.336 e. The number of rotatable bonds is 3. The Balaban J connectivity index is 3.24. The van der Waals surface area contributed by atoms with E-state index in [1.165, 1.54) is 18.2 Å². The number of carbonyl (C=O) groups is 1. The van der Waals surface area contributed by atoms with Crippen molar-refractivity contribution < 1.29 is 20.1 Å². The summed E-state index contributed by atoms with van der Waals surface area (Å²) in [4.78, 5) is 10.9. The van der Waals surface area contributed by atoms with Crippen LogP contribution in [0.2, 0.25) is 0 Å². The van der Waals surface area contributed by atoms with Gasteiger partial charge in [-0.25, -0.2) is 4.79 Å². The van der Waals surface area contributed by atoms with Crippen molar-refractivity contribution >= 4 is 5.97 Å². The number of hydrogen-bond donors (Lipinski definition) is 3. The third kappa shape index (κ3) is 2.61. The fourth-order valence-corrected chi connectivity index (χ4v) is 1.76. The number of aromatic carboxylic acids is 1. The SMILES string of the molecule is Cc1cc(C(O)C(O)C#N)cc(C)c1C(=O)O. The van der Waals surface area contributed by atoms with Crippen molar-refractivity contribution in [1.29, 1.82) is 5.26 Å². The highest BCUT2D eigenvalue weighted by atomic mass is 16.4. The van der Waals surface area contributed by atoms with Gasteiger partial charge in [-0.05, 0) is 30.5 Å². The predicted octanol–water partition coefficient (Wildman–Crippen LogP) is 0.920. The Bertz CT molecular complexity index is 467. The van der Waals surface area contributed by atoms with Crippen molar-refractivity contribution in [2.45, 2.75) is 26.1 Å². The van der Waals surface area contributed by atoms with E-state index >= 15 is 0 Å². The van der Waals surface area contributed by atoms with Gasteiger partial charge in [-0.2, -0.15) is 5.26 Å². The maximum atomic E-state index is 10.9. The quantitative estimate of drug-likeness (QED) is 0.676. The Morgan fingerprint density at radius 2 is 1.76 bits per heavy atom. The molecule has 0 radical (unpaired) electrons. The number of aliphatic hydroxyl groups is 2. The fraction of sp³-hybridized carbons (Fsp3) is 0.333. The van der Waals surface area contributed by atoms with Gasteiger partial charge in [0.1, 0.15) is 6.10 Å². The largest absolute Gasteiger partial charge is 0.478 e. The third-order valence-electron chi connectivity index (χ3n) is 2.54. The Labute approximate surface area is 98.6 Å². The summed E-state index contributed by atoms with van der Waals surface area (Å²) in [5.41, 5.74) is 1.47. The zero-order valence-electron chi connectivity index (χ0n) is 9.51.